The quantitative estimate of drug-likeness (QED) is 0.625. The van der Waals surface area contributed by atoms with E-state index in [1.807, 2.05) is 0 Å². The normalized spacial score (nSPS) is 14.8. The smallest absolute Gasteiger partial charge is 0.295 e. The highest BCUT2D eigenvalue weighted by molar-refractivity contribution is 7.22. The van der Waals surface area contributed by atoms with Gasteiger partial charge in [0, 0.05) is 26.2 Å². The van der Waals surface area contributed by atoms with Gasteiger partial charge in [-0.3, -0.25) is 14.6 Å². The van der Waals surface area contributed by atoms with E-state index in [2.05, 4.69) is 30.9 Å². The molecule has 4 rings (SSSR count). The van der Waals surface area contributed by atoms with Crippen molar-refractivity contribution >= 4 is 45.0 Å². The number of halogens is 1. The van der Waals surface area contributed by atoms with Crippen LogP contribution in [0.1, 0.15) is 21.7 Å². The van der Waals surface area contributed by atoms with Crippen LogP contribution in [-0.4, -0.2) is 55.2 Å². The average Bonchev–Trinajstić information content (AvgIpc) is 3.36. The summed E-state index contributed by atoms with van der Waals surface area (Å²) in [7, 11) is 0. The van der Waals surface area contributed by atoms with Crippen LogP contribution in [0.2, 0.25) is 0 Å². The lowest BCUT2D eigenvalue weighted by Crippen LogP contribution is -2.43. The van der Waals surface area contributed by atoms with Gasteiger partial charge in [0.2, 0.25) is 0 Å². The van der Waals surface area contributed by atoms with Crippen LogP contribution in [-0.2, 0) is 4.74 Å². The first kappa shape index (κ1) is 20.8. The first-order valence-corrected chi connectivity index (χ1v) is 9.97. The van der Waals surface area contributed by atoms with Crippen molar-refractivity contribution in [2.75, 3.05) is 44.3 Å². The minimum Gasteiger partial charge on any atom is -0.459 e. The molecule has 28 heavy (non-hydrogen) atoms. The zero-order chi connectivity index (χ0) is 18.8. The molecule has 0 N–H and O–H groups in total. The Morgan fingerprint density at radius 2 is 2.04 bits per heavy atom. The lowest BCUT2D eigenvalue weighted by molar-refractivity contribution is 0.0390. The van der Waals surface area contributed by atoms with Gasteiger partial charge in [-0.2, -0.15) is 0 Å². The summed E-state index contributed by atoms with van der Waals surface area (Å²) < 4.78 is 11.9. The summed E-state index contributed by atoms with van der Waals surface area (Å²) in [5, 5.41) is 0.716. The number of nitrogens with zero attached hydrogens (tertiary/aromatic N) is 3. The number of hydrogen-bond donors (Lipinski definition) is 0. The second-order valence-electron chi connectivity index (χ2n) is 6.74. The Morgan fingerprint density at radius 1 is 1.25 bits per heavy atom. The fraction of sp³-hybridized carbons (Fsp3) is 0.400. The molecule has 1 aliphatic heterocycles. The molecule has 1 aliphatic rings. The molecule has 150 valence electrons. The number of carbonyl (C=O) groups excluding carboxylic acids is 1. The Morgan fingerprint density at radius 3 is 2.75 bits per heavy atom. The number of amides is 1. The number of ether oxygens (including phenoxy) is 1. The molecule has 8 heteroatoms. The topological polar surface area (TPSA) is 58.8 Å². The number of fused-ring (bicyclic) bond motifs is 1. The van der Waals surface area contributed by atoms with E-state index in [0.717, 1.165) is 48.6 Å². The SMILES string of the molecule is Cc1ccc2sc(N(CCN3CCOCC3)C(=O)c3ccco3)nc2c1C.Cl. The molecule has 0 spiro atoms. The minimum atomic E-state index is -0.151. The lowest BCUT2D eigenvalue weighted by atomic mass is 10.1. The van der Waals surface area contributed by atoms with Crippen molar-refractivity contribution in [1.29, 1.82) is 0 Å². The van der Waals surface area contributed by atoms with Gasteiger partial charge in [0.1, 0.15) is 0 Å². The third-order valence-electron chi connectivity index (χ3n) is 5.03. The van der Waals surface area contributed by atoms with Crippen molar-refractivity contribution in [3.8, 4) is 0 Å². The summed E-state index contributed by atoms with van der Waals surface area (Å²) in [6.07, 6.45) is 1.53. The zero-order valence-corrected chi connectivity index (χ0v) is 17.6. The van der Waals surface area contributed by atoms with E-state index in [0.29, 0.717) is 17.4 Å². The van der Waals surface area contributed by atoms with Crippen LogP contribution in [0.4, 0.5) is 5.13 Å². The van der Waals surface area contributed by atoms with Gasteiger partial charge in [-0.15, -0.1) is 12.4 Å². The van der Waals surface area contributed by atoms with Crippen molar-refractivity contribution in [3.63, 3.8) is 0 Å². The third kappa shape index (κ3) is 4.22. The predicted molar refractivity (Wildman–Crippen MR) is 114 cm³/mol. The molecule has 0 radical (unpaired) electrons. The molecule has 1 amide bonds. The van der Waals surface area contributed by atoms with E-state index in [-0.39, 0.29) is 18.3 Å². The molecule has 3 heterocycles. The summed E-state index contributed by atoms with van der Waals surface area (Å²) in [5.41, 5.74) is 3.34. The van der Waals surface area contributed by atoms with Crippen molar-refractivity contribution in [3.05, 3.63) is 47.4 Å². The standard InChI is InChI=1S/C20H23N3O3S.ClH/c1-14-5-6-17-18(15(14)2)21-20(27-17)23(19(24)16-4-3-11-26-16)8-7-22-9-12-25-13-10-22;/h3-6,11H,7-10,12-13H2,1-2H3;1H. The largest absolute Gasteiger partial charge is 0.459 e. The Bertz CT molecular complexity index is 936. The number of aryl methyl sites for hydroxylation is 2. The monoisotopic (exact) mass is 421 g/mol. The first-order valence-electron chi connectivity index (χ1n) is 9.15. The van der Waals surface area contributed by atoms with Crippen LogP contribution < -0.4 is 4.90 Å². The minimum absolute atomic E-state index is 0. The van der Waals surface area contributed by atoms with Crippen molar-refractivity contribution in [1.82, 2.24) is 9.88 Å². The molecule has 1 fully saturated rings. The van der Waals surface area contributed by atoms with E-state index < -0.39 is 0 Å². The first-order chi connectivity index (χ1) is 13.1. The summed E-state index contributed by atoms with van der Waals surface area (Å²) in [5.74, 6) is 0.186. The van der Waals surface area contributed by atoms with Gasteiger partial charge in [0.15, 0.2) is 10.9 Å². The molecule has 2 aromatic heterocycles. The third-order valence-corrected chi connectivity index (χ3v) is 6.07. The molecule has 0 bridgehead atoms. The number of morpholine rings is 1. The van der Waals surface area contributed by atoms with Crippen molar-refractivity contribution < 1.29 is 13.9 Å². The van der Waals surface area contributed by atoms with Gasteiger partial charge in [0.05, 0.1) is 29.7 Å². The summed E-state index contributed by atoms with van der Waals surface area (Å²) >= 11 is 1.55. The maximum absolute atomic E-state index is 13.1. The second-order valence-corrected chi connectivity index (χ2v) is 7.75. The van der Waals surface area contributed by atoms with Gasteiger partial charge in [-0.05, 0) is 43.2 Å². The number of anilines is 1. The highest BCUT2D eigenvalue weighted by atomic mass is 35.5. The predicted octanol–water partition coefficient (Wildman–Crippen LogP) is 3.91. The van der Waals surface area contributed by atoms with Gasteiger partial charge in [0.25, 0.3) is 5.91 Å². The molecule has 0 atom stereocenters. The number of carbonyl (C=O) groups is 1. The van der Waals surface area contributed by atoms with Crippen LogP contribution in [0.15, 0.2) is 34.9 Å². The van der Waals surface area contributed by atoms with E-state index in [9.17, 15) is 4.79 Å². The number of rotatable bonds is 5. The summed E-state index contributed by atoms with van der Waals surface area (Å²) in [6.45, 7) is 8.77. The fourth-order valence-corrected chi connectivity index (χ4v) is 4.26. The van der Waals surface area contributed by atoms with E-state index >= 15 is 0 Å². The molecule has 3 aromatic rings. The molecule has 6 nitrogen and oxygen atoms in total. The number of furan rings is 1. The number of thiazole rings is 1. The number of aromatic nitrogens is 1. The van der Waals surface area contributed by atoms with Crippen LogP contribution in [0.3, 0.4) is 0 Å². The molecule has 0 unspecified atom stereocenters. The average molecular weight is 422 g/mol. The zero-order valence-electron chi connectivity index (χ0n) is 16.0. The van der Waals surface area contributed by atoms with Crippen LogP contribution in [0.25, 0.3) is 10.2 Å². The van der Waals surface area contributed by atoms with Crippen LogP contribution in [0, 0.1) is 13.8 Å². The highest BCUT2D eigenvalue weighted by Crippen LogP contribution is 2.32. The Labute approximate surface area is 174 Å². The Balaban J connectivity index is 0.00000225. The van der Waals surface area contributed by atoms with Gasteiger partial charge in [-0.25, -0.2) is 4.98 Å². The maximum atomic E-state index is 13.1. The molecular formula is C20H24ClN3O3S. The van der Waals surface area contributed by atoms with Crippen LogP contribution in [0.5, 0.6) is 0 Å². The lowest BCUT2D eigenvalue weighted by Gasteiger charge is -2.28. The molecule has 0 saturated carbocycles. The molecule has 1 saturated heterocycles. The second kappa shape index (κ2) is 9.05. The Kier molecular flexibility index (Phi) is 6.72. The molecular weight excluding hydrogens is 398 g/mol. The van der Waals surface area contributed by atoms with Crippen molar-refractivity contribution in [2.24, 2.45) is 0 Å². The van der Waals surface area contributed by atoms with E-state index in [4.69, 9.17) is 14.1 Å². The van der Waals surface area contributed by atoms with E-state index in [1.165, 1.54) is 11.8 Å². The van der Waals surface area contributed by atoms with Gasteiger partial charge in [-0.1, -0.05) is 17.4 Å². The molecule has 1 aromatic carbocycles. The van der Waals surface area contributed by atoms with Gasteiger partial charge < -0.3 is 9.15 Å². The van der Waals surface area contributed by atoms with Crippen molar-refractivity contribution in [2.45, 2.75) is 13.8 Å². The van der Waals surface area contributed by atoms with E-state index in [1.54, 1.807) is 28.4 Å². The highest BCUT2D eigenvalue weighted by Gasteiger charge is 2.24. The number of benzene rings is 1. The van der Waals surface area contributed by atoms with Crippen LogP contribution >= 0.6 is 23.7 Å². The maximum Gasteiger partial charge on any atom is 0.295 e. The van der Waals surface area contributed by atoms with Gasteiger partial charge >= 0.3 is 0 Å². The molecule has 0 aliphatic carbocycles. The summed E-state index contributed by atoms with van der Waals surface area (Å²) in [6, 6.07) is 7.62. The number of hydrogen-bond acceptors (Lipinski definition) is 6. The fourth-order valence-electron chi connectivity index (χ4n) is 3.21. The Hall–Kier alpha value is -1.93. The summed E-state index contributed by atoms with van der Waals surface area (Å²) in [4.78, 5) is 21.9.